The molecule has 0 spiro atoms. The SMILES string of the molecule is O=C(NC1CCCNCC1)c1cc2ccccc2s1. The second kappa shape index (κ2) is 5.72. The molecule has 19 heavy (non-hydrogen) atoms. The van der Waals surface area contributed by atoms with Gasteiger partial charge in [-0.1, -0.05) is 18.2 Å². The molecule has 1 amide bonds. The average molecular weight is 274 g/mol. The Morgan fingerprint density at radius 3 is 3.05 bits per heavy atom. The summed E-state index contributed by atoms with van der Waals surface area (Å²) < 4.78 is 1.18. The van der Waals surface area contributed by atoms with Crippen molar-refractivity contribution in [3.8, 4) is 0 Å². The molecule has 2 N–H and O–H groups in total. The minimum absolute atomic E-state index is 0.0769. The van der Waals surface area contributed by atoms with Crippen molar-refractivity contribution in [2.75, 3.05) is 13.1 Å². The van der Waals surface area contributed by atoms with Crippen molar-refractivity contribution in [1.29, 1.82) is 0 Å². The van der Waals surface area contributed by atoms with Crippen LogP contribution in [0.25, 0.3) is 10.1 Å². The Labute approximate surface area is 117 Å². The van der Waals surface area contributed by atoms with Gasteiger partial charge < -0.3 is 10.6 Å². The number of thiophene rings is 1. The van der Waals surface area contributed by atoms with E-state index in [1.807, 2.05) is 18.2 Å². The maximum absolute atomic E-state index is 12.3. The Morgan fingerprint density at radius 1 is 1.26 bits per heavy atom. The average Bonchev–Trinajstić information content (AvgIpc) is 2.70. The fourth-order valence-corrected chi connectivity index (χ4v) is 3.48. The molecule has 1 fully saturated rings. The zero-order valence-electron chi connectivity index (χ0n) is 10.8. The van der Waals surface area contributed by atoms with Crippen LogP contribution in [0, 0.1) is 0 Å². The monoisotopic (exact) mass is 274 g/mol. The molecule has 1 aromatic heterocycles. The highest BCUT2D eigenvalue weighted by molar-refractivity contribution is 7.20. The summed E-state index contributed by atoms with van der Waals surface area (Å²) in [4.78, 5) is 13.1. The van der Waals surface area contributed by atoms with Gasteiger partial charge in [-0.3, -0.25) is 4.79 Å². The van der Waals surface area contributed by atoms with Crippen molar-refractivity contribution in [2.45, 2.75) is 25.3 Å². The van der Waals surface area contributed by atoms with E-state index >= 15 is 0 Å². The van der Waals surface area contributed by atoms with Gasteiger partial charge in [-0.15, -0.1) is 11.3 Å². The van der Waals surface area contributed by atoms with E-state index in [9.17, 15) is 4.79 Å². The van der Waals surface area contributed by atoms with E-state index in [2.05, 4.69) is 22.8 Å². The summed E-state index contributed by atoms with van der Waals surface area (Å²) in [6.45, 7) is 2.06. The first kappa shape index (κ1) is 12.6. The van der Waals surface area contributed by atoms with E-state index in [0.29, 0.717) is 6.04 Å². The van der Waals surface area contributed by atoms with Crippen LogP contribution >= 0.6 is 11.3 Å². The van der Waals surface area contributed by atoms with Gasteiger partial charge in [0.15, 0.2) is 0 Å². The molecule has 3 nitrogen and oxygen atoms in total. The van der Waals surface area contributed by atoms with E-state index in [4.69, 9.17) is 0 Å². The molecule has 3 rings (SSSR count). The molecule has 2 heterocycles. The molecule has 1 aromatic carbocycles. The van der Waals surface area contributed by atoms with Crippen LogP contribution in [0.3, 0.4) is 0 Å². The zero-order chi connectivity index (χ0) is 13.1. The number of fused-ring (bicyclic) bond motifs is 1. The highest BCUT2D eigenvalue weighted by atomic mass is 32.1. The van der Waals surface area contributed by atoms with Crippen LogP contribution in [0.5, 0.6) is 0 Å². The molecule has 0 radical (unpaired) electrons. The van der Waals surface area contributed by atoms with Crippen LogP contribution in [-0.2, 0) is 0 Å². The van der Waals surface area contributed by atoms with Gasteiger partial charge in [0.25, 0.3) is 5.91 Å². The number of benzene rings is 1. The van der Waals surface area contributed by atoms with Crippen molar-refractivity contribution >= 4 is 27.3 Å². The molecular formula is C15H18N2OS. The number of amides is 1. The fourth-order valence-electron chi connectivity index (χ4n) is 2.51. The topological polar surface area (TPSA) is 41.1 Å². The second-order valence-corrected chi connectivity index (χ2v) is 6.08. The third kappa shape index (κ3) is 2.96. The minimum atomic E-state index is 0.0769. The molecule has 0 aliphatic carbocycles. The zero-order valence-corrected chi connectivity index (χ0v) is 11.6. The van der Waals surface area contributed by atoms with Crippen LogP contribution in [0.15, 0.2) is 30.3 Å². The molecule has 4 heteroatoms. The summed E-state index contributed by atoms with van der Waals surface area (Å²) in [5.41, 5.74) is 0. The normalized spacial score (nSPS) is 20.1. The third-order valence-corrected chi connectivity index (χ3v) is 4.68. The Morgan fingerprint density at radius 2 is 2.16 bits per heavy atom. The number of hydrogen-bond donors (Lipinski definition) is 2. The largest absolute Gasteiger partial charge is 0.349 e. The molecular weight excluding hydrogens is 256 g/mol. The van der Waals surface area contributed by atoms with E-state index < -0.39 is 0 Å². The van der Waals surface area contributed by atoms with Crippen molar-refractivity contribution in [2.24, 2.45) is 0 Å². The summed E-state index contributed by atoms with van der Waals surface area (Å²) >= 11 is 1.57. The van der Waals surface area contributed by atoms with Gasteiger partial charge >= 0.3 is 0 Å². The predicted molar refractivity (Wildman–Crippen MR) is 79.8 cm³/mol. The molecule has 0 bridgehead atoms. The lowest BCUT2D eigenvalue weighted by molar-refractivity contribution is 0.0938. The lowest BCUT2D eigenvalue weighted by atomic mass is 10.1. The first-order valence-corrected chi connectivity index (χ1v) is 7.65. The number of hydrogen-bond acceptors (Lipinski definition) is 3. The molecule has 100 valence electrons. The smallest absolute Gasteiger partial charge is 0.261 e. The minimum Gasteiger partial charge on any atom is -0.349 e. The van der Waals surface area contributed by atoms with Crippen LogP contribution in [0.1, 0.15) is 28.9 Å². The predicted octanol–water partition coefficient (Wildman–Crippen LogP) is 2.77. The Bertz CT molecular complexity index is 537. The van der Waals surface area contributed by atoms with E-state index in [-0.39, 0.29) is 5.91 Å². The number of nitrogens with one attached hydrogen (secondary N) is 2. The highest BCUT2D eigenvalue weighted by Crippen LogP contribution is 2.25. The number of carbonyl (C=O) groups is 1. The summed E-state index contributed by atoms with van der Waals surface area (Å²) in [6.07, 6.45) is 3.23. The summed E-state index contributed by atoms with van der Waals surface area (Å²) in [6, 6.07) is 10.4. The molecule has 2 aromatic rings. The van der Waals surface area contributed by atoms with E-state index in [1.165, 1.54) is 4.70 Å². The first-order chi connectivity index (χ1) is 9.33. The van der Waals surface area contributed by atoms with Gasteiger partial charge in [0.05, 0.1) is 4.88 Å². The van der Waals surface area contributed by atoms with Crippen molar-refractivity contribution < 1.29 is 4.79 Å². The summed E-state index contributed by atoms with van der Waals surface area (Å²) in [5.74, 6) is 0.0769. The molecule has 1 saturated heterocycles. The highest BCUT2D eigenvalue weighted by Gasteiger charge is 2.16. The van der Waals surface area contributed by atoms with Crippen LogP contribution < -0.4 is 10.6 Å². The fraction of sp³-hybridized carbons (Fsp3) is 0.400. The number of carbonyl (C=O) groups excluding carboxylic acids is 1. The lowest BCUT2D eigenvalue weighted by Crippen LogP contribution is -2.34. The van der Waals surface area contributed by atoms with Crippen molar-refractivity contribution in [3.63, 3.8) is 0 Å². The van der Waals surface area contributed by atoms with Gasteiger partial charge in [0.1, 0.15) is 0 Å². The van der Waals surface area contributed by atoms with Gasteiger partial charge in [0.2, 0.25) is 0 Å². The number of rotatable bonds is 2. The molecule has 0 saturated carbocycles. The molecule has 1 atom stereocenters. The molecule has 1 aliphatic heterocycles. The Balaban J connectivity index is 1.72. The van der Waals surface area contributed by atoms with Crippen molar-refractivity contribution in [3.05, 3.63) is 35.2 Å². The van der Waals surface area contributed by atoms with E-state index in [0.717, 1.165) is 42.6 Å². The van der Waals surface area contributed by atoms with Crippen LogP contribution in [0.4, 0.5) is 0 Å². The van der Waals surface area contributed by atoms with Gasteiger partial charge in [0, 0.05) is 10.7 Å². The lowest BCUT2D eigenvalue weighted by Gasteiger charge is -2.14. The van der Waals surface area contributed by atoms with Gasteiger partial charge in [-0.25, -0.2) is 0 Å². The van der Waals surface area contributed by atoms with Gasteiger partial charge in [-0.05, 0) is 49.9 Å². The second-order valence-electron chi connectivity index (χ2n) is 5.00. The van der Waals surface area contributed by atoms with Crippen LogP contribution in [0.2, 0.25) is 0 Å². The maximum Gasteiger partial charge on any atom is 0.261 e. The maximum atomic E-state index is 12.3. The first-order valence-electron chi connectivity index (χ1n) is 6.83. The quantitative estimate of drug-likeness (QED) is 0.884. The third-order valence-electron chi connectivity index (χ3n) is 3.56. The molecule has 1 unspecified atom stereocenters. The van der Waals surface area contributed by atoms with Crippen molar-refractivity contribution in [1.82, 2.24) is 10.6 Å². The van der Waals surface area contributed by atoms with Gasteiger partial charge in [-0.2, -0.15) is 0 Å². The van der Waals surface area contributed by atoms with E-state index in [1.54, 1.807) is 11.3 Å². The Kier molecular flexibility index (Phi) is 3.80. The molecule has 1 aliphatic rings. The Hall–Kier alpha value is -1.39. The van der Waals surface area contributed by atoms with Crippen LogP contribution in [-0.4, -0.2) is 25.0 Å². The summed E-state index contributed by atoms with van der Waals surface area (Å²) in [7, 11) is 0. The summed E-state index contributed by atoms with van der Waals surface area (Å²) in [5, 5.41) is 7.68. The standard InChI is InChI=1S/C15H18N2OS/c18-15(17-12-5-3-8-16-9-7-12)14-10-11-4-1-2-6-13(11)19-14/h1-2,4,6,10,12,16H,3,5,7-9H2,(H,17,18).